The fourth-order valence-corrected chi connectivity index (χ4v) is 2.28. The zero-order valence-corrected chi connectivity index (χ0v) is 13.8. The van der Waals surface area contributed by atoms with Gasteiger partial charge in [0.05, 0.1) is 25.7 Å². The number of anilines is 1. The van der Waals surface area contributed by atoms with Gasteiger partial charge in [0.15, 0.2) is 0 Å². The molecule has 0 fully saturated rings. The van der Waals surface area contributed by atoms with E-state index in [0.29, 0.717) is 13.0 Å². The first-order valence-corrected chi connectivity index (χ1v) is 7.58. The Bertz CT molecular complexity index is 643. The molecule has 0 radical (unpaired) electrons. The Hall–Kier alpha value is -2.67. The minimum Gasteiger partial charge on any atom is -0.497 e. The zero-order chi connectivity index (χ0) is 16.7. The number of nitrogens with zero attached hydrogens (tertiary/aromatic N) is 2. The molecule has 23 heavy (non-hydrogen) atoms. The van der Waals surface area contributed by atoms with E-state index < -0.39 is 0 Å². The van der Waals surface area contributed by atoms with Gasteiger partial charge in [-0.2, -0.15) is 5.26 Å². The van der Waals surface area contributed by atoms with Crippen LogP contribution in [0, 0.1) is 11.3 Å². The summed E-state index contributed by atoms with van der Waals surface area (Å²) in [5.74, 6) is 1.42. The van der Waals surface area contributed by atoms with Gasteiger partial charge in [-0.05, 0) is 42.0 Å². The van der Waals surface area contributed by atoms with Crippen molar-refractivity contribution in [2.75, 3.05) is 32.7 Å². The van der Waals surface area contributed by atoms with Crippen molar-refractivity contribution in [3.63, 3.8) is 0 Å². The van der Waals surface area contributed by atoms with Gasteiger partial charge in [-0.1, -0.05) is 12.1 Å². The summed E-state index contributed by atoms with van der Waals surface area (Å²) in [5, 5.41) is 9.39. The van der Waals surface area contributed by atoms with Crippen LogP contribution in [0.4, 0.5) is 5.69 Å². The monoisotopic (exact) mass is 310 g/mol. The molecule has 0 saturated carbocycles. The molecule has 0 amide bonds. The summed E-state index contributed by atoms with van der Waals surface area (Å²) in [6, 6.07) is 17.9. The quantitative estimate of drug-likeness (QED) is 0.779. The second-order valence-corrected chi connectivity index (χ2v) is 5.48. The number of methoxy groups -OCH3 is 1. The Balaban J connectivity index is 1.90. The van der Waals surface area contributed by atoms with E-state index in [4.69, 9.17) is 9.47 Å². The molecule has 0 aliphatic heterocycles. The zero-order valence-electron chi connectivity index (χ0n) is 13.8. The van der Waals surface area contributed by atoms with Crippen LogP contribution < -0.4 is 14.4 Å². The third kappa shape index (κ3) is 4.65. The van der Waals surface area contributed by atoms with E-state index in [1.165, 1.54) is 0 Å². The number of benzene rings is 2. The standard InChI is InChI=1S/C19H22N2O2/c1-21(2)17-6-4-15(5-7-17)16(14-20)12-13-23-19-10-8-18(22-3)9-11-19/h4-11,16H,12-13H2,1-3H3. The Morgan fingerprint density at radius 3 is 2.13 bits per heavy atom. The van der Waals surface area contributed by atoms with Crippen LogP contribution in [0.15, 0.2) is 48.5 Å². The Kier molecular flexibility index (Phi) is 5.87. The summed E-state index contributed by atoms with van der Waals surface area (Å²) in [7, 11) is 5.63. The van der Waals surface area contributed by atoms with Crippen molar-refractivity contribution in [3.05, 3.63) is 54.1 Å². The van der Waals surface area contributed by atoms with E-state index in [9.17, 15) is 5.26 Å². The van der Waals surface area contributed by atoms with E-state index in [2.05, 4.69) is 6.07 Å². The molecular formula is C19H22N2O2. The molecule has 0 aromatic heterocycles. The van der Waals surface area contributed by atoms with E-state index in [1.54, 1.807) is 7.11 Å². The molecule has 0 N–H and O–H groups in total. The Morgan fingerprint density at radius 1 is 1.00 bits per heavy atom. The summed E-state index contributed by atoms with van der Waals surface area (Å²) in [6.07, 6.45) is 0.657. The summed E-state index contributed by atoms with van der Waals surface area (Å²) < 4.78 is 10.8. The molecule has 0 saturated heterocycles. The van der Waals surface area contributed by atoms with Crippen molar-refractivity contribution < 1.29 is 9.47 Å². The average molecular weight is 310 g/mol. The normalized spacial score (nSPS) is 11.4. The number of nitriles is 1. The molecule has 4 heteroatoms. The van der Waals surface area contributed by atoms with E-state index in [1.807, 2.05) is 67.5 Å². The Morgan fingerprint density at radius 2 is 1.61 bits per heavy atom. The fourth-order valence-electron chi connectivity index (χ4n) is 2.28. The molecule has 2 rings (SSSR count). The lowest BCUT2D eigenvalue weighted by Gasteiger charge is -2.15. The van der Waals surface area contributed by atoms with E-state index >= 15 is 0 Å². The molecule has 2 aromatic carbocycles. The van der Waals surface area contributed by atoms with Gasteiger partial charge in [-0.15, -0.1) is 0 Å². The number of hydrogen-bond acceptors (Lipinski definition) is 4. The highest BCUT2D eigenvalue weighted by molar-refractivity contribution is 5.47. The number of hydrogen-bond donors (Lipinski definition) is 0. The van der Waals surface area contributed by atoms with Crippen LogP contribution in [-0.2, 0) is 0 Å². The van der Waals surface area contributed by atoms with Crippen molar-refractivity contribution in [2.24, 2.45) is 0 Å². The minimum absolute atomic E-state index is 0.163. The number of rotatable bonds is 7. The molecule has 1 unspecified atom stereocenters. The van der Waals surface area contributed by atoms with E-state index in [0.717, 1.165) is 22.7 Å². The molecule has 120 valence electrons. The highest BCUT2D eigenvalue weighted by Gasteiger charge is 2.11. The topological polar surface area (TPSA) is 45.5 Å². The van der Waals surface area contributed by atoms with Crippen molar-refractivity contribution in [2.45, 2.75) is 12.3 Å². The highest BCUT2D eigenvalue weighted by atomic mass is 16.5. The number of ether oxygens (including phenoxy) is 2. The van der Waals surface area contributed by atoms with Gasteiger partial charge in [0.1, 0.15) is 11.5 Å². The van der Waals surface area contributed by atoms with Crippen molar-refractivity contribution >= 4 is 5.69 Å². The Labute approximate surface area is 137 Å². The van der Waals surface area contributed by atoms with Gasteiger partial charge in [-0.3, -0.25) is 0 Å². The third-order valence-electron chi connectivity index (χ3n) is 3.70. The lowest BCUT2D eigenvalue weighted by Crippen LogP contribution is -2.09. The van der Waals surface area contributed by atoms with Gasteiger partial charge in [-0.25, -0.2) is 0 Å². The summed E-state index contributed by atoms with van der Waals surface area (Å²) in [5.41, 5.74) is 2.15. The smallest absolute Gasteiger partial charge is 0.119 e. The van der Waals surface area contributed by atoms with Crippen LogP contribution in [0.2, 0.25) is 0 Å². The fraction of sp³-hybridized carbons (Fsp3) is 0.316. The first-order chi connectivity index (χ1) is 11.1. The van der Waals surface area contributed by atoms with Crippen LogP contribution in [0.25, 0.3) is 0 Å². The molecule has 4 nitrogen and oxygen atoms in total. The van der Waals surface area contributed by atoms with Crippen molar-refractivity contribution in [3.8, 4) is 17.6 Å². The largest absolute Gasteiger partial charge is 0.497 e. The van der Waals surface area contributed by atoms with Gasteiger partial charge in [0.2, 0.25) is 0 Å². The molecule has 2 aromatic rings. The van der Waals surface area contributed by atoms with Crippen LogP contribution >= 0.6 is 0 Å². The first-order valence-electron chi connectivity index (χ1n) is 7.58. The van der Waals surface area contributed by atoms with Gasteiger partial charge >= 0.3 is 0 Å². The first kappa shape index (κ1) is 16.7. The van der Waals surface area contributed by atoms with Crippen LogP contribution in [0.5, 0.6) is 11.5 Å². The van der Waals surface area contributed by atoms with Crippen LogP contribution in [0.1, 0.15) is 17.9 Å². The molecule has 0 aliphatic carbocycles. The molecule has 1 atom stereocenters. The summed E-state index contributed by atoms with van der Waals surface area (Å²) >= 11 is 0. The average Bonchev–Trinajstić information content (AvgIpc) is 2.59. The second kappa shape index (κ2) is 8.09. The van der Waals surface area contributed by atoms with Gasteiger partial charge < -0.3 is 14.4 Å². The predicted octanol–water partition coefficient (Wildman–Crippen LogP) is 3.84. The van der Waals surface area contributed by atoms with Gasteiger partial charge in [0, 0.05) is 26.2 Å². The molecule has 0 heterocycles. The maximum absolute atomic E-state index is 9.39. The SMILES string of the molecule is COc1ccc(OCCC(C#N)c2ccc(N(C)C)cc2)cc1. The van der Waals surface area contributed by atoms with Gasteiger partial charge in [0.25, 0.3) is 0 Å². The lowest BCUT2D eigenvalue weighted by molar-refractivity contribution is 0.305. The van der Waals surface area contributed by atoms with Crippen molar-refractivity contribution in [1.29, 1.82) is 5.26 Å². The maximum atomic E-state index is 9.39. The summed E-state index contributed by atoms with van der Waals surface area (Å²) in [4.78, 5) is 2.04. The van der Waals surface area contributed by atoms with Crippen molar-refractivity contribution in [1.82, 2.24) is 0 Å². The predicted molar refractivity (Wildman–Crippen MR) is 92.2 cm³/mol. The second-order valence-electron chi connectivity index (χ2n) is 5.48. The highest BCUT2D eigenvalue weighted by Crippen LogP contribution is 2.23. The lowest BCUT2D eigenvalue weighted by atomic mass is 9.97. The molecule has 0 aliphatic rings. The third-order valence-corrected chi connectivity index (χ3v) is 3.70. The molecule has 0 spiro atoms. The van der Waals surface area contributed by atoms with Crippen LogP contribution in [0.3, 0.4) is 0 Å². The van der Waals surface area contributed by atoms with E-state index in [-0.39, 0.29) is 5.92 Å². The maximum Gasteiger partial charge on any atom is 0.119 e. The molecule has 0 bridgehead atoms. The molecular weight excluding hydrogens is 288 g/mol. The summed E-state index contributed by atoms with van der Waals surface area (Å²) in [6.45, 7) is 0.500. The minimum atomic E-state index is -0.163. The van der Waals surface area contributed by atoms with Crippen LogP contribution in [-0.4, -0.2) is 27.8 Å².